The van der Waals surface area contributed by atoms with Crippen LogP contribution in [0.3, 0.4) is 0 Å². The van der Waals surface area contributed by atoms with Crippen molar-refractivity contribution in [3.63, 3.8) is 0 Å². The first kappa shape index (κ1) is 15.9. The van der Waals surface area contributed by atoms with Crippen LogP contribution in [0.5, 0.6) is 0 Å². The fraction of sp³-hybridized carbons (Fsp3) is 0.333. The number of aryl methyl sites for hydroxylation is 1. The normalized spacial score (nSPS) is 10.4. The molecule has 5 heteroatoms. The molecule has 0 aliphatic rings. The Morgan fingerprint density at radius 1 is 1.53 bits per heavy atom. The van der Waals surface area contributed by atoms with Crippen molar-refractivity contribution in [3.05, 3.63) is 42.2 Å². The van der Waals surface area contributed by atoms with Gasteiger partial charge in [0, 0.05) is 19.8 Å². The van der Waals surface area contributed by atoms with E-state index in [1.807, 2.05) is 19.1 Å². The van der Waals surface area contributed by atoms with Gasteiger partial charge in [0.25, 0.3) is 0 Å². The molecule has 0 amide bonds. The van der Waals surface area contributed by atoms with Crippen molar-refractivity contribution >= 4 is 29.9 Å². The van der Waals surface area contributed by atoms with Crippen molar-refractivity contribution in [3.8, 4) is 0 Å². The molecular formula is C12H19IN4. The van der Waals surface area contributed by atoms with Gasteiger partial charge in [0.1, 0.15) is 0 Å². The highest BCUT2D eigenvalue weighted by atomic mass is 127. The number of guanidine groups is 1. The molecule has 0 aliphatic carbocycles. The SMILES string of the molecule is C=CCNC(=NC)NCc1ncccc1C.I. The molecule has 1 rings (SSSR count). The van der Waals surface area contributed by atoms with E-state index in [4.69, 9.17) is 0 Å². The molecule has 17 heavy (non-hydrogen) atoms. The van der Waals surface area contributed by atoms with Crippen LogP contribution in [-0.4, -0.2) is 24.5 Å². The summed E-state index contributed by atoms with van der Waals surface area (Å²) in [7, 11) is 1.74. The fourth-order valence-electron chi connectivity index (χ4n) is 1.26. The maximum atomic E-state index is 4.30. The van der Waals surface area contributed by atoms with Crippen molar-refractivity contribution in [2.75, 3.05) is 13.6 Å². The summed E-state index contributed by atoms with van der Waals surface area (Å²) in [5.41, 5.74) is 2.21. The molecule has 0 aromatic carbocycles. The second-order valence-electron chi connectivity index (χ2n) is 3.36. The predicted octanol–water partition coefficient (Wildman–Crippen LogP) is 1.86. The van der Waals surface area contributed by atoms with Gasteiger partial charge in [-0.25, -0.2) is 0 Å². The highest BCUT2D eigenvalue weighted by Crippen LogP contribution is 2.01. The van der Waals surface area contributed by atoms with Crippen LogP contribution in [0.15, 0.2) is 36.0 Å². The Kier molecular flexibility index (Phi) is 8.39. The van der Waals surface area contributed by atoms with Crippen LogP contribution in [0.1, 0.15) is 11.3 Å². The molecular weight excluding hydrogens is 327 g/mol. The number of aliphatic imine (C=N–C) groups is 1. The van der Waals surface area contributed by atoms with Gasteiger partial charge < -0.3 is 10.6 Å². The molecule has 0 saturated carbocycles. The molecule has 0 fully saturated rings. The maximum absolute atomic E-state index is 4.30. The predicted molar refractivity (Wildman–Crippen MR) is 82.8 cm³/mol. The minimum Gasteiger partial charge on any atom is -0.353 e. The lowest BCUT2D eigenvalue weighted by Gasteiger charge is -2.10. The lowest BCUT2D eigenvalue weighted by molar-refractivity contribution is 0.816. The third-order valence-electron chi connectivity index (χ3n) is 2.18. The summed E-state index contributed by atoms with van der Waals surface area (Å²) in [5.74, 6) is 0.755. The standard InChI is InChI=1S/C12H18N4.HI/c1-4-7-15-12(13-3)16-9-11-10(2)6-5-8-14-11;/h4-6,8H,1,7,9H2,2-3H3,(H2,13,15,16);1H. The van der Waals surface area contributed by atoms with Crippen molar-refractivity contribution in [2.24, 2.45) is 4.99 Å². The minimum atomic E-state index is 0. The first-order valence-corrected chi connectivity index (χ1v) is 5.24. The van der Waals surface area contributed by atoms with Crippen LogP contribution in [-0.2, 0) is 6.54 Å². The topological polar surface area (TPSA) is 49.3 Å². The van der Waals surface area contributed by atoms with Crippen LogP contribution in [0.2, 0.25) is 0 Å². The van der Waals surface area contributed by atoms with Gasteiger partial charge in [-0.15, -0.1) is 30.6 Å². The zero-order chi connectivity index (χ0) is 11.8. The van der Waals surface area contributed by atoms with E-state index < -0.39 is 0 Å². The number of aromatic nitrogens is 1. The molecule has 1 heterocycles. The molecule has 0 atom stereocenters. The summed E-state index contributed by atoms with van der Waals surface area (Å²) in [5, 5.41) is 6.29. The second kappa shape index (κ2) is 8.98. The first-order valence-electron chi connectivity index (χ1n) is 5.24. The maximum Gasteiger partial charge on any atom is 0.191 e. The third-order valence-corrected chi connectivity index (χ3v) is 2.18. The van der Waals surface area contributed by atoms with E-state index in [2.05, 4.69) is 27.2 Å². The van der Waals surface area contributed by atoms with E-state index in [0.29, 0.717) is 13.1 Å². The summed E-state index contributed by atoms with van der Waals surface area (Å²) < 4.78 is 0. The van der Waals surface area contributed by atoms with Crippen molar-refractivity contribution < 1.29 is 0 Å². The van der Waals surface area contributed by atoms with Gasteiger partial charge in [-0.2, -0.15) is 0 Å². The zero-order valence-electron chi connectivity index (χ0n) is 10.2. The van der Waals surface area contributed by atoms with Crippen molar-refractivity contribution in [1.29, 1.82) is 0 Å². The minimum absolute atomic E-state index is 0. The van der Waals surface area contributed by atoms with Gasteiger partial charge in [-0.05, 0) is 18.6 Å². The number of halogens is 1. The summed E-state index contributed by atoms with van der Waals surface area (Å²) >= 11 is 0. The molecule has 0 bridgehead atoms. The Morgan fingerprint density at radius 3 is 2.88 bits per heavy atom. The van der Waals surface area contributed by atoms with E-state index >= 15 is 0 Å². The molecule has 0 unspecified atom stereocenters. The van der Waals surface area contributed by atoms with Gasteiger partial charge in [0.2, 0.25) is 0 Å². The highest BCUT2D eigenvalue weighted by molar-refractivity contribution is 14.0. The average molecular weight is 346 g/mol. The van der Waals surface area contributed by atoms with Gasteiger partial charge in [-0.3, -0.25) is 9.98 Å². The Labute approximate surface area is 120 Å². The summed E-state index contributed by atoms with van der Waals surface area (Å²) in [6.07, 6.45) is 3.59. The van der Waals surface area contributed by atoms with Crippen molar-refractivity contribution in [1.82, 2.24) is 15.6 Å². The number of hydrogen-bond acceptors (Lipinski definition) is 2. The van der Waals surface area contributed by atoms with Gasteiger partial charge in [-0.1, -0.05) is 12.1 Å². The molecule has 0 aliphatic heterocycles. The highest BCUT2D eigenvalue weighted by Gasteiger charge is 2.00. The molecule has 0 saturated heterocycles. The monoisotopic (exact) mass is 346 g/mol. The van der Waals surface area contributed by atoms with Gasteiger partial charge in [0.15, 0.2) is 5.96 Å². The van der Waals surface area contributed by atoms with E-state index in [-0.39, 0.29) is 24.0 Å². The lowest BCUT2D eigenvalue weighted by Crippen LogP contribution is -2.37. The van der Waals surface area contributed by atoms with Crippen LogP contribution in [0, 0.1) is 6.92 Å². The van der Waals surface area contributed by atoms with Crippen molar-refractivity contribution in [2.45, 2.75) is 13.5 Å². The lowest BCUT2D eigenvalue weighted by atomic mass is 10.2. The summed E-state index contributed by atoms with van der Waals surface area (Å²) in [6, 6.07) is 3.98. The molecule has 1 aromatic rings. The average Bonchev–Trinajstić information content (AvgIpc) is 2.31. The Hall–Kier alpha value is -1.11. The Balaban J connectivity index is 0.00000256. The largest absolute Gasteiger partial charge is 0.353 e. The smallest absolute Gasteiger partial charge is 0.191 e. The number of nitrogens with one attached hydrogen (secondary N) is 2. The zero-order valence-corrected chi connectivity index (χ0v) is 12.6. The Bertz CT molecular complexity index is 377. The number of pyridine rings is 1. The van der Waals surface area contributed by atoms with Crippen LogP contribution in [0.25, 0.3) is 0 Å². The van der Waals surface area contributed by atoms with E-state index in [0.717, 1.165) is 11.7 Å². The summed E-state index contributed by atoms with van der Waals surface area (Å²) in [4.78, 5) is 8.39. The molecule has 94 valence electrons. The first-order chi connectivity index (χ1) is 7.77. The van der Waals surface area contributed by atoms with E-state index in [9.17, 15) is 0 Å². The number of rotatable bonds is 4. The van der Waals surface area contributed by atoms with E-state index in [1.54, 1.807) is 19.3 Å². The quantitative estimate of drug-likeness (QED) is 0.379. The molecule has 4 nitrogen and oxygen atoms in total. The second-order valence-corrected chi connectivity index (χ2v) is 3.36. The Morgan fingerprint density at radius 2 is 2.29 bits per heavy atom. The molecule has 0 radical (unpaired) electrons. The number of hydrogen-bond donors (Lipinski definition) is 2. The fourth-order valence-corrected chi connectivity index (χ4v) is 1.26. The molecule has 1 aromatic heterocycles. The van der Waals surface area contributed by atoms with Gasteiger partial charge >= 0.3 is 0 Å². The summed E-state index contributed by atoms with van der Waals surface area (Å²) in [6.45, 7) is 7.05. The van der Waals surface area contributed by atoms with Gasteiger partial charge in [0.05, 0.1) is 12.2 Å². The molecule has 0 spiro atoms. The van der Waals surface area contributed by atoms with Crippen LogP contribution in [0.4, 0.5) is 0 Å². The third kappa shape index (κ3) is 5.67. The molecule has 2 N–H and O–H groups in total. The van der Waals surface area contributed by atoms with Crippen LogP contribution >= 0.6 is 24.0 Å². The van der Waals surface area contributed by atoms with Crippen LogP contribution < -0.4 is 10.6 Å². The van der Waals surface area contributed by atoms with E-state index in [1.165, 1.54) is 5.56 Å². The number of nitrogens with zero attached hydrogens (tertiary/aromatic N) is 2.